The summed E-state index contributed by atoms with van der Waals surface area (Å²) in [6.45, 7) is 0. The van der Waals surface area contributed by atoms with Crippen LogP contribution in [0.1, 0.15) is 36.0 Å². The Morgan fingerprint density at radius 2 is 1.45 bits per heavy atom. The van der Waals surface area contributed by atoms with Crippen LogP contribution in [-0.2, 0) is 15.1 Å². The molecule has 146 valence electrons. The van der Waals surface area contributed by atoms with E-state index in [2.05, 4.69) is 84.2 Å². The first-order valence-electron chi connectivity index (χ1n) is 10.3. The lowest BCUT2D eigenvalue weighted by Crippen LogP contribution is -2.48. The number of carbonyl (C=O) groups is 1. The number of benzene rings is 3. The second-order valence-electron chi connectivity index (χ2n) is 8.08. The molecule has 3 heteroatoms. The molecular formula is C26H25NO2. The number of esters is 1. The van der Waals surface area contributed by atoms with Crippen LogP contribution in [0.25, 0.3) is 11.1 Å². The predicted octanol–water partition coefficient (Wildman–Crippen LogP) is 4.89. The van der Waals surface area contributed by atoms with Crippen molar-refractivity contribution in [3.63, 3.8) is 0 Å². The summed E-state index contributed by atoms with van der Waals surface area (Å²) in [5, 5.41) is 4.02. The van der Waals surface area contributed by atoms with E-state index in [9.17, 15) is 4.79 Å². The van der Waals surface area contributed by atoms with Crippen LogP contribution in [0.15, 0.2) is 78.9 Å². The maximum Gasteiger partial charge on any atom is 0.308 e. The highest BCUT2D eigenvalue weighted by Gasteiger charge is 2.46. The van der Waals surface area contributed by atoms with Crippen LogP contribution < -0.4 is 5.32 Å². The molecule has 3 aromatic carbocycles. The average molecular weight is 383 g/mol. The van der Waals surface area contributed by atoms with E-state index >= 15 is 0 Å². The Kier molecular flexibility index (Phi) is 4.48. The minimum atomic E-state index is -0.413. The highest BCUT2D eigenvalue weighted by atomic mass is 16.5. The summed E-state index contributed by atoms with van der Waals surface area (Å²) in [4.78, 5) is 12.1. The van der Waals surface area contributed by atoms with Crippen LogP contribution in [0.5, 0.6) is 0 Å². The molecular weight excluding hydrogens is 358 g/mol. The van der Waals surface area contributed by atoms with Gasteiger partial charge in [0.1, 0.15) is 0 Å². The van der Waals surface area contributed by atoms with Crippen molar-refractivity contribution in [2.75, 3.05) is 7.11 Å². The minimum absolute atomic E-state index is 0.0165. The molecule has 29 heavy (non-hydrogen) atoms. The molecule has 0 radical (unpaired) electrons. The molecule has 0 amide bonds. The Morgan fingerprint density at radius 1 is 0.862 bits per heavy atom. The molecule has 2 atom stereocenters. The van der Waals surface area contributed by atoms with Gasteiger partial charge in [-0.25, -0.2) is 0 Å². The summed E-state index contributed by atoms with van der Waals surface area (Å²) in [6, 6.07) is 28.3. The molecule has 2 aliphatic carbocycles. The molecule has 3 aromatic rings. The fraction of sp³-hybridized carbons (Fsp3) is 0.269. The van der Waals surface area contributed by atoms with Crippen LogP contribution in [0, 0.1) is 5.92 Å². The van der Waals surface area contributed by atoms with E-state index in [-0.39, 0.29) is 17.9 Å². The normalized spacial score (nSPS) is 21.4. The highest BCUT2D eigenvalue weighted by Crippen LogP contribution is 2.51. The Balaban J connectivity index is 1.65. The van der Waals surface area contributed by atoms with Gasteiger partial charge in [0.25, 0.3) is 0 Å². The minimum Gasteiger partial charge on any atom is -0.469 e. The number of hydrogen-bond acceptors (Lipinski definition) is 3. The topological polar surface area (TPSA) is 38.3 Å². The zero-order chi connectivity index (χ0) is 19.8. The zero-order valence-corrected chi connectivity index (χ0v) is 16.6. The van der Waals surface area contributed by atoms with Gasteiger partial charge in [0.15, 0.2) is 0 Å². The molecule has 3 nitrogen and oxygen atoms in total. The van der Waals surface area contributed by atoms with Gasteiger partial charge in [0.2, 0.25) is 0 Å². The number of fused-ring (bicyclic) bond motifs is 3. The second-order valence-corrected chi connectivity index (χ2v) is 8.08. The SMILES string of the molecule is COC(=O)[C@@H]1CC[C@H](NC2(c3ccccc3)c3ccccc3-c3ccccc32)C1. The Hall–Kier alpha value is -2.91. The van der Waals surface area contributed by atoms with Gasteiger partial charge in [-0.2, -0.15) is 0 Å². The quantitative estimate of drug-likeness (QED) is 0.652. The average Bonchev–Trinajstić information content (AvgIpc) is 3.36. The predicted molar refractivity (Wildman–Crippen MR) is 114 cm³/mol. The highest BCUT2D eigenvalue weighted by molar-refractivity contribution is 5.83. The number of nitrogens with one attached hydrogen (secondary N) is 1. The first-order chi connectivity index (χ1) is 14.2. The largest absolute Gasteiger partial charge is 0.469 e. The smallest absolute Gasteiger partial charge is 0.308 e. The third-order valence-corrected chi connectivity index (χ3v) is 6.55. The van der Waals surface area contributed by atoms with Gasteiger partial charge in [-0.3, -0.25) is 10.1 Å². The number of hydrogen-bond donors (Lipinski definition) is 1. The molecule has 0 spiro atoms. The third-order valence-electron chi connectivity index (χ3n) is 6.55. The van der Waals surface area contributed by atoms with Crippen molar-refractivity contribution in [3.8, 4) is 11.1 Å². The van der Waals surface area contributed by atoms with Crippen LogP contribution in [0.2, 0.25) is 0 Å². The van der Waals surface area contributed by atoms with E-state index in [0.717, 1.165) is 19.3 Å². The fourth-order valence-corrected chi connectivity index (χ4v) is 5.27. The molecule has 0 aromatic heterocycles. The van der Waals surface area contributed by atoms with Gasteiger partial charge in [-0.1, -0.05) is 78.9 Å². The van der Waals surface area contributed by atoms with Gasteiger partial charge < -0.3 is 4.74 Å². The van der Waals surface area contributed by atoms with Gasteiger partial charge in [-0.15, -0.1) is 0 Å². The van der Waals surface area contributed by atoms with Crippen molar-refractivity contribution in [2.45, 2.75) is 30.8 Å². The van der Waals surface area contributed by atoms with Crippen molar-refractivity contribution in [1.29, 1.82) is 0 Å². The van der Waals surface area contributed by atoms with Crippen molar-refractivity contribution in [1.82, 2.24) is 5.32 Å². The fourth-order valence-electron chi connectivity index (χ4n) is 5.27. The summed E-state index contributed by atoms with van der Waals surface area (Å²) in [6.07, 6.45) is 2.66. The molecule has 0 bridgehead atoms. The Labute approximate surface area is 171 Å². The first-order valence-corrected chi connectivity index (χ1v) is 10.3. The summed E-state index contributed by atoms with van der Waals surface area (Å²) in [7, 11) is 1.48. The number of rotatable bonds is 4. The number of carbonyl (C=O) groups excluding carboxylic acids is 1. The summed E-state index contributed by atoms with van der Waals surface area (Å²) in [5.41, 5.74) is 5.95. The third kappa shape index (κ3) is 2.80. The zero-order valence-electron chi connectivity index (χ0n) is 16.6. The van der Waals surface area contributed by atoms with Crippen LogP contribution in [0.3, 0.4) is 0 Å². The maximum atomic E-state index is 12.1. The molecule has 1 saturated carbocycles. The summed E-state index contributed by atoms with van der Waals surface area (Å²) in [5.74, 6) is -0.104. The molecule has 0 unspecified atom stereocenters. The summed E-state index contributed by atoms with van der Waals surface area (Å²) < 4.78 is 5.01. The Morgan fingerprint density at radius 3 is 2.07 bits per heavy atom. The first kappa shape index (κ1) is 18.1. The lowest BCUT2D eigenvalue weighted by molar-refractivity contribution is -0.145. The van der Waals surface area contributed by atoms with Crippen LogP contribution >= 0.6 is 0 Å². The van der Waals surface area contributed by atoms with Gasteiger partial charge in [0, 0.05) is 6.04 Å². The van der Waals surface area contributed by atoms with E-state index < -0.39 is 5.54 Å². The second kappa shape index (κ2) is 7.16. The van der Waals surface area contributed by atoms with Crippen molar-refractivity contribution < 1.29 is 9.53 Å². The monoisotopic (exact) mass is 383 g/mol. The Bertz CT molecular complexity index is 998. The maximum absolute atomic E-state index is 12.1. The van der Waals surface area contributed by atoms with E-state index in [1.165, 1.54) is 34.9 Å². The van der Waals surface area contributed by atoms with Gasteiger partial charge in [-0.05, 0) is 47.1 Å². The van der Waals surface area contributed by atoms with E-state index in [1.54, 1.807) is 0 Å². The van der Waals surface area contributed by atoms with Gasteiger partial charge in [0.05, 0.1) is 18.6 Å². The lowest BCUT2D eigenvalue weighted by Gasteiger charge is -2.37. The van der Waals surface area contributed by atoms with Crippen LogP contribution in [-0.4, -0.2) is 19.1 Å². The van der Waals surface area contributed by atoms with Crippen molar-refractivity contribution >= 4 is 5.97 Å². The van der Waals surface area contributed by atoms with Crippen molar-refractivity contribution in [3.05, 3.63) is 95.6 Å². The molecule has 0 heterocycles. The number of ether oxygens (including phenoxy) is 1. The van der Waals surface area contributed by atoms with Crippen LogP contribution in [0.4, 0.5) is 0 Å². The van der Waals surface area contributed by atoms with Gasteiger partial charge >= 0.3 is 5.97 Å². The lowest BCUT2D eigenvalue weighted by atomic mass is 9.80. The molecule has 1 fully saturated rings. The molecule has 0 aliphatic heterocycles. The molecule has 0 saturated heterocycles. The summed E-state index contributed by atoms with van der Waals surface area (Å²) >= 11 is 0. The molecule has 2 aliphatic rings. The molecule has 1 N–H and O–H groups in total. The van der Waals surface area contributed by atoms with E-state index in [0.29, 0.717) is 0 Å². The standard InChI is InChI=1S/C26H25NO2/c1-29-25(28)18-15-16-20(17-18)27-26(19-9-3-2-4-10-19)23-13-7-5-11-21(23)22-12-6-8-14-24(22)26/h2-14,18,20,27H,15-17H2,1H3/t18-,20+/m1/s1. The van der Waals surface area contributed by atoms with E-state index in [1.807, 2.05) is 0 Å². The number of methoxy groups -OCH3 is 1. The molecule has 5 rings (SSSR count). The van der Waals surface area contributed by atoms with E-state index in [4.69, 9.17) is 4.74 Å². The van der Waals surface area contributed by atoms with Crippen molar-refractivity contribution in [2.24, 2.45) is 5.92 Å².